The molecule has 0 bridgehead atoms. The smallest absolute Gasteiger partial charge is 0.132 e. The van der Waals surface area contributed by atoms with Crippen LogP contribution in [0.4, 0.5) is 17.1 Å². The molecule has 0 unspecified atom stereocenters. The summed E-state index contributed by atoms with van der Waals surface area (Å²) in [6.45, 7) is 4.77. The molecule has 5 aliphatic rings. The molecule has 0 radical (unpaired) electrons. The fraction of sp³-hybridized carbons (Fsp3) is 0.0769. The first-order valence-corrected chi connectivity index (χ1v) is 24.6. The molecule has 0 aromatic heterocycles. The van der Waals surface area contributed by atoms with Gasteiger partial charge in [0, 0.05) is 43.4 Å². The van der Waals surface area contributed by atoms with Crippen molar-refractivity contribution in [3.8, 4) is 44.9 Å². The fourth-order valence-electron chi connectivity index (χ4n) is 13.2. The number of nitrogens with zero attached hydrogens (tertiary/aromatic N) is 1. The summed E-state index contributed by atoms with van der Waals surface area (Å²) in [6.07, 6.45) is 0. The van der Waals surface area contributed by atoms with Gasteiger partial charge in [-0.15, -0.1) is 0 Å². The van der Waals surface area contributed by atoms with Crippen molar-refractivity contribution in [2.24, 2.45) is 0 Å². The van der Waals surface area contributed by atoms with Gasteiger partial charge in [-0.2, -0.15) is 0 Å². The number of benzene rings is 10. The molecule has 0 N–H and O–H groups in total. The first kappa shape index (κ1) is 38.3. The lowest BCUT2D eigenvalue weighted by Gasteiger charge is -2.40. The van der Waals surface area contributed by atoms with Crippen LogP contribution in [-0.2, 0) is 16.2 Å². The van der Waals surface area contributed by atoms with E-state index in [1.54, 1.807) is 0 Å². The van der Waals surface area contributed by atoms with Crippen LogP contribution < -0.4 is 9.64 Å². The highest BCUT2D eigenvalue weighted by Gasteiger charge is 2.53. The third-order valence-corrected chi connectivity index (χ3v) is 17.2. The fourth-order valence-corrected chi connectivity index (χ4v) is 14.4. The SMILES string of the molecule is CC1(C)c2ccccc2-c2ccc(N(c3ccc4c(c3)C3(c5ccccc5Oc5ccccc53)c3ccccc3-4)c3ccc4c(c3)C3(c5ccccc5Sc5ccccc53)c3ccccc3-4)cc21. The van der Waals surface area contributed by atoms with E-state index in [0.717, 1.165) is 39.7 Å². The van der Waals surface area contributed by atoms with Crippen LogP contribution in [0.3, 0.4) is 0 Å². The zero-order valence-corrected chi connectivity index (χ0v) is 38.4. The minimum Gasteiger partial charge on any atom is -0.457 e. The Morgan fingerprint density at radius 3 is 1.15 bits per heavy atom. The summed E-state index contributed by atoms with van der Waals surface area (Å²) in [7, 11) is 0. The quantitative estimate of drug-likeness (QED) is 0.175. The Hall–Kier alpha value is -7.85. The lowest BCUT2D eigenvalue weighted by Crippen LogP contribution is -2.32. The molecular formula is C65H43NOS. The summed E-state index contributed by atoms with van der Waals surface area (Å²) in [5, 5.41) is 0. The molecule has 3 aliphatic carbocycles. The summed E-state index contributed by atoms with van der Waals surface area (Å²) in [5.41, 5.74) is 22.7. The molecule has 0 saturated heterocycles. The number of para-hydroxylation sites is 2. The average Bonchev–Trinajstić information content (AvgIpc) is 3.93. The highest BCUT2D eigenvalue weighted by atomic mass is 32.2. The second kappa shape index (κ2) is 13.6. The number of anilines is 3. The average molecular weight is 886 g/mol. The monoisotopic (exact) mass is 885 g/mol. The maximum atomic E-state index is 6.76. The van der Waals surface area contributed by atoms with Crippen LogP contribution in [0.5, 0.6) is 11.5 Å². The van der Waals surface area contributed by atoms with Gasteiger partial charge in [0.25, 0.3) is 0 Å². The van der Waals surface area contributed by atoms with E-state index in [0.29, 0.717) is 0 Å². The van der Waals surface area contributed by atoms with Crippen LogP contribution >= 0.6 is 11.8 Å². The molecule has 3 heteroatoms. The van der Waals surface area contributed by atoms with Crippen molar-refractivity contribution in [1.29, 1.82) is 0 Å². The Kier molecular flexibility index (Phi) is 7.67. The molecule has 2 nitrogen and oxygen atoms in total. The normalized spacial score (nSPS) is 15.6. The van der Waals surface area contributed by atoms with Crippen molar-refractivity contribution >= 4 is 28.8 Å². The van der Waals surface area contributed by atoms with Gasteiger partial charge in [0.2, 0.25) is 0 Å². The summed E-state index contributed by atoms with van der Waals surface area (Å²) in [5.74, 6) is 1.79. The molecule has 320 valence electrons. The predicted molar refractivity (Wildman–Crippen MR) is 277 cm³/mol. The number of rotatable bonds is 3. The van der Waals surface area contributed by atoms with Gasteiger partial charge in [-0.25, -0.2) is 0 Å². The third-order valence-electron chi connectivity index (χ3n) is 16.0. The third kappa shape index (κ3) is 4.74. The van der Waals surface area contributed by atoms with E-state index in [1.165, 1.54) is 87.7 Å². The molecule has 10 aromatic carbocycles. The van der Waals surface area contributed by atoms with Crippen LogP contribution in [-0.4, -0.2) is 0 Å². The second-order valence-corrected chi connectivity index (χ2v) is 20.6. The number of hydrogen-bond acceptors (Lipinski definition) is 3. The Labute approximate surface area is 401 Å². The lowest BCUT2D eigenvalue weighted by atomic mass is 9.66. The standard InChI is InChI=1S/C65H43NOS/c1-63(2)49-20-6-3-17-43(49)46-34-31-40(37-56(46)63)66(41-32-35-47-44-18-4-7-21-50(44)64(57(47)38-41)52-23-9-13-27-59(52)67-60-28-14-10-24-53(60)64)42-33-36-48-45-19-5-8-22-51(45)65(58(48)39-42)54-25-11-15-29-61(54)68-62-30-16-12-26-55(62)65/h3-39H,1-2H3. The van der Waals surface area contributed by atoms with Crippen molar-refractivity contribution in [3.63, 3.8) is 0 Å². The molecule has 0 fully saturated rings. The second-order valence-electron chi connectivity index (χ2n) is 19.5. The number of hydrogen-bond donors (Lipinski definition) is 0. The van der Waals surface area contributed by atoms with Gasteiger partial charge in [-0.3, -0.25) is 0 Å². The Morgan fingerprint density at radius 2 is 0.647 bits per heavy atom. The van der Waals surface area contributed by atoms with Gasteiger partial charge in [0.15, 0.2) is 0 Å². The van der Waals surface area contributed by atoms with E-state index < -0.39 is 10.8 Å². The lowest BCUT2D eigenvalue weighted by molar-refractivity contribution is 0.436. The van der Waals surface area contributed by atoms with Crippen LogP contribution in [0, 0.1) is 0 Å². The summed E-state index contributed by atoms with van der Waals surface area (Å²) < 4.78 is 6.76. The summed E-state index contributed by atoms with van der Waals surface area (Å²) >= 11 is 1.89. The van der Waals surface area contributed by atoms with Crippen molar-refractivity contribution in [1.82, 2.24) is 0 Å². The van der Waals surface area contributed by atoms with Gasteiger partial charge < -0.3 is 9.64 Å². The van der Waals surface area contributed by atoms with Crippen LogP contribution in [0.15, 0.2) is 234 Å². The van der Waals surface area contributed by atoms with Crippen LogP contribution in [0.25, 0.3) is 33.4 Å². The largest absolute Gasteiger partial charge is 0.457 e. The molecule has 2 spiro atoms. The van der Waals surface area contributed by atoms with E-state index in [2.05, 4.69) is 243 Å². The van der Waals surface area contributed by atoms with Gasteiger partial charge in [0.05, 0.1) is 10.8 Å². The topological polar surface area (TPSA) is 12.5 Å². The van der Waals surface area contributed by atoms with Gasteiger partial charge in [0.1, 0.15) is 11.5 Å². The predicted octanol–water partition coefficient (Wildman–Crippen LogP) is 16.8. The van der Waals surface area contributed by atoms with Gasteiger partial charge in [-0.05, 0) is 139 Å². The van der Waals surface area contributed by atoms with Crippen molar-refractivity contribution in [2.75, 3.05) is 4.90 Å². The van der Waals surface area contributed by atoms with E-state index in [9.17, 15) is 0 Å². The molecule has 10 aromatic rings. The van der Waals surface area contributed by atoms with Crippen molar-refractivity contribution in [3.05, 3.63) is 280 Å². The van der Waals surface area contributed by atoms with E-state index in [-0.39, 0.29) is 5.41 Å². The Balaban J connectivity index is 1.02. The number of ether oxygens (including phenoxy) is 1. The van der Waals surface area contributed by atoms with E-state index in [1.807, 2.05) is 11.8 Å². The molecule has 15 rings (SSSR count). The Morgan fingerprint density at radius 1 is 0.309 bits per heavy atom. The van der Waals surface area contributed by atoms with Gasteiger partial charge in [-0.1, -0.05) is 189 Å². The molecule has 0 atom stereocenters. The number of fused-ring (bicyclic) bond motifs is 21. The molecular weight excluding hydrogens is 843 g/mol. The summed E-state index contributed by atoms with van der Waals surface area (Å²) in [4.78, 5) is 5.15. The molecule has 68 heavy (non-hydrogen) atoms. The zero-order chi connectivity index (χ0) is 44.9. The summed E-state index contributed by atoms with van der Waals surface area (Å²) in [6, 6.07) is 84.4. The minimum atomic E-state index is -0.600. The maximum Gasteiger partial charge on any atom is 0.132 e. The molecule has 2 heterocycles. The van der Waals surface area contributed by atoms with E-state index in [4.69, 9.17) is 4.74 Å². The van der Waals surface area contributed by atoms with E-state index >= 15 is 0 Å². The maximum absolute atomic E-state index is 6.76. The van der Waals surface area contributed by atoms with Crippen LogP contribution in [0.2, 0.25) is 0 Å². The molecule has 0 saturated carbocycles. The highest BCUT2D eigenvalue weighted by molar-refractivity contribution is 7.99. The molecule has 2 aliphatic heterocycles. The first-order valence-electron chi connectivity index (χ1n) is 23.7. The first-order chi connectivity index (χ1) is 33.5. The van der Waals surface area contributed by atoms with Crippen molar-refractivity contribution in [2.45, 2.75) is 39.9 Å². The molecule has 0 amide bonds. The zero-order valence-electron chi connectivity index (χ0n) is 37.6. The van der Waals surface area contributed by atoms with Crippen molar-refractivity contribution < 1.29 is 4.74 Å². The van der Waals surface area contributed by atoms with Gasteiger partial charge >= 0.3 is 0 Å². The Bertz CT molecular complexity index is 3530. The minimum absolute atomic E-state index is 0.177. The highest BCUT2D eigenvalue weighted by Crippen LogP contribution is 2.65. The van der Waals surface area contributed by atoms with Crippen LogP contribution in [0.1, 0.15) is 69.5 Å².